The molecule has 2 unspecified atom stereocenters. The fraction of sp³-hybridized carbons (Fsp3) is 0.500. The first kappa shape index (κ1) is 11.4. The van der Waals surface area contributed by atoms with Crippen molar-refractivity contribution in [2.45, 2.75) is 25.6 Å². The van der Waals surface area contributed by atoms with Crippen molar-refractivity contribution in [2.75, 3.05) is 5.88 Å². The highest BCUT2D eigenvalue weighted by Crippen LogP contribution is 2.17. The Morgan fingerprint density at radius 3 is 2.79 bits per heavy atom. The van der Waals surface area contributed by atoms with Crippen LogP contribution in [0.4, 0.5) is 0 Å². The van der Waals surface area contributed by atoms with Gasteiger partial charge in [0.1, 0.15) is 6.10 Å². The molecule has 0 aliphatic carbocycles. The third-order valence-electron chi connectivity index (χ3n) is 2.01. The maximum absolute atomic E-state index is 9.67. The maximum atomic E-state index is 9.67. The van der Waals surface area contributed by atoms with Gasteiger partial charge in [-0.1, -0.05) is 0 Å². The van der Waals surface area contributed by atoms with Gasteiger partial charge in [-0.25, -0.2) is 0 Å². The Morgan fingerprint density at radius 2 is 2.21 bits per heavy atom. The number of nitrogens with zero attached hydrogens (tertiary/aromatic N) is 1. The zero-order chi connectivity index (χ0) is 10.6. The van der Waals surface area contributed by atoms with Gasteiger partial charge < -0.3 is 10.2 Å². The van der Waals surface area contributed by atoms with Gasteiger partial charge in [0.05, 0.1) is 11.8 Å². The second-order valence-electron chi connectivity index (χ2n) is 3.25. The molecular weight excluding hydrogens is 202 g/mol. The predicted molar refractivity (Wildman–Crippen MR) is 55.3 cm³/mol. The average molecular weight is 216 g/mol. The van der Waals surface area contributed by atoms with Crippen molar-refractivity contribution in [1.29, 1.82) is 0 Å². The quantitative estimate of drug-likeness (QED) is 0.747. The van der Waals surface area contributed by atoms with Crippen LogP contribution in [0, 0.1) is 6.92 Å². The van der Waals surface area contributed by atoms with Gasteiger partial charge in [-0.3, -0.25) is 4.98 Å². The van der Waals surface area contributed by atoms with E-state index in [1.54, 1.807) is 12.3 Å². The Kier molecular flexibility index (Phi) is 4.32. The summed E-state index contributed by atoms with van der Waals surface area (Å²) >= 11 is 5.47. The Bertz CT molecular complexity index is 293. The Morgan fingerprint density at radius 1 is 1.50 bits per heavy atom. The topological polar surface area (TPSA) is 53.4 Å². The highest BCUT2D eigenvalue weighted by atomic mass is 35.5. The molecule has 0 aromatic carbocycles. The van der Waals surface area contributed by atoms with Crippen LogP contribution in [-0.2, 0) is 0 Å². The van der Waals surface area contributed by atoms with E-state index in [1.165, 1.54) is 0 Å². The fourth-order valence-corrected chi connectivity index (χ4v) is 1.41. The first-order valence-electron chi connectivity index (χ1n) is 4.50. The molecule has 0 radical (unpaired) electrons. The lowest BCUT2D eigenvalue weighted by Crippen LogP contribution is -2.19. The minimum atomic E-state index is -0.950. The van der Waals surface area contributed by atoms with Crippen LogP contribution in [0.1, 0.15) is 23.8 Å². The van der Waals surface area contributed by atoms with Crippen molar-refractivity contribution in [3.05, 3.63) is 29.6 Å². The number of aryl methyl sites for hydroxylation is 1. The molecule has 0 aliphatic rings. The summed E-state index contributed by atoms with van der Waals surface area (Å²) in [5, 5.41) is 19.2. The number of rotatable bonds is 4. The van der Waals surface area contributed by atoms with Gasteiger partial charge in [0.15, 0.2) is 0 Å². The van der Waals surface area contributed by atoms with Crippen LogP contribution in [0.15, 0.2) is 18.3 Å². The zero-order valence-corrected chi connectivity index (χ0v) is 8.78. The van der Waals surface area contributed by atoms with Gasteiger partial charge in [-0.05, 0) is 31.0 Å². The highest BCUT2D eigenvalue weighted by molar-refractivity contribution is 6.17. The van der Waals surface area contributed by atoms with Crippen molar-refractivity contribution in [3.8, 4) is 0 Å². The summed E-state index contributed by atoms with van der Waals surface area (Å²) in [6.45, 7) is 1.91. The van der Waals surface area contributed by atoms with Crippen molar-refractivity contribution in [3.63, 3.8) is 0 Å². The number of pyridine rings is 1. The van der Waals surface area contributed by atoms with E-state index in [4.69, 9.17) is 11.6 Å². The number of halogens is 1. The number of aliphatic hydroxyl groups excluding tert-OH is 2. The summed E-state index contributed by atoms with van der Waals surface area (Å²) in [6.07, 6.45) is 0.176. The number of hydrogen-bond donors (Lipinski definition) is 2. The fourth-order valence-electron chi connectivity index (χ4n) is 1.19. The third kappa shape index (κ3) is 2.94. The molecule has 1 rings (SSSR count). The smallest absolute Gasteiger partial charge is 0.122 e. The molecule has 0 saturated heterocycles. The molecular formula is C10H14ClNO2. The standard InChI is InChI=1S/C10H14ClNO2/c1-7-3-5-12-8(6-7)10(14)9(13)2-4-11/h3,5-6,9-10,13-14H,2,4H2,1H3. The first-order chi connectivity index (χ1) is 6.65. The molecule has 4 heteroatoms. The number of aliphatic hydroxyl groups is 2. The van der Waals surface area contributed by atoms with Gasteiger partial charge in [0.2, 0.25) is 0 Å². The van der Waals surface area contributed by atoms with E-state index in [2.05, 4.69) is 4.98 Å². The molecule has 0 spiro atoms. The Hall–Kier alpha value is -0.640. The first-order valence-corrected chi connectivity index (χ1v) is 5.03. The Labute approximate surface area is 88.4 Å². The maximum Gasteiger partial charge on any atom is 0.122 e. The molecule has 0 aliphatic heterocycles. The van der Waals surface area contributed by atoms with Crippen LogP contribution in [0.25, 0.3) is 0 Å². The van der Waals surface area contributed by atoms with E-state index in [1.807, 2.05) is 13.0 Å². The van der Waals surface area contributed by atoms with Crippen molar-refractivity contribution in [2.24, 2.45) is 0 Å². The summed E-state index contributed by atoms with van der Waals surface area (Å²) < 4.78 is 0. The van der Waals surface area contributed by atoms with Crippen LogP contribution in [-0.4, -0.2) is 27.2 Å². The molecule has 2 N–H and O–H groups in total. The average Bonchev–Trinajstić information content (AvgIpc) is 2.17. The van der Waals surface area contributed by atoms with Crippen molar-refractivity contribution >= 4 is 11.6 Å². The van der Waals surface area contributed by atoms with E-state index < -0.39 is 12.2 Å². The van der Waals surface area contributed by atoms with Crippen molar-refractivity contribution < 1.29 is 10.2 Å². The molecule has 0 saturated carbocycles. The van der Waals surface area contributed by atoms with Gasteiger partial charge in [0, 0.05) is 12.1 Å². The largest absolute Gasteiger partial charge is 0.390 e. The van der Waals surface area contributed by atoms with Gasteiger partial charge in [0.25, 0.3) is 0 Å². The minimum Gasteiger partial charge on any atom is -0.390 e. The van der Waals surface area contributed by atoms with E-state index >= 15 is 0 Å². The summed E-state index contributed by atoms with van der Waals surface area (Å²) in [4.78, 5) is 3.99. The number of aromatic nitrogens is 1. The van der Waals surface area contributed by atoms with Crippen molar-refractivity contribution in [1.82, 2.24) is 4.98 Å². The van der Waals surface area contributed by atoms with Crippen LogP contribution in [0.2, 0.25) is 0 Å². The van der Waals surface area contributed by atoms with E-state index in [0.29, 0.717) is 18.0 Å². The lowest BCUT2D eigenvalue weighted by molar-refractivity contribution is 0.0144. The van der Waals surface area contributed by atoms with E-state index in [-0.39, 0.29) is 0 Å². The molecule has 78 valence electrons. The molecule has 3 nitrogen and oxygen atoms in total. The summed E-state index contributed by atoms with van der Waals surface area (Å²) in [7, 11) is 0. The molecule has 0 fully saturated rings. The molecule has 1 aromatic heterocycles. The van der Waals surface area contributed by atoms with E-state index in [9.17, 15) is 10.2 Å². The van der Waals surface area contributed by atoms with Crippen LogP contribution >= 0.6 is 11.6 Å². The lowest BCUT2D eigenvalue weighted by Gasteiger charge is -2.16. The van der Waals surface area contributed by atoms with Gasteiger partial charge >= 0.3 is 0 Å². The SMILES string of the molecule is Cc1ccnc(C(O)C(O)CCCl)c1. The normalized spacial score (nSPS) is 15.1. The summed E-state index contributed by atoms with van der Waals surface area (Å²) in [5.74, 6) is 0.323. The molecule has 1 aromatic rings. The number of hydrogen-bond acceptors (Lipinski definition) is 3. The summed E-state index contributed by atoms with van der Waals surface area (Å²) in [5.41, 5.74) is 1.50. The highest BCUT2D eigenvalue weighted by Gasteiger charge is 2.18. The van der Waals surface area contributed by atoms with E-state index in [0.717, 1.165) is 5.56 Å². The van der Waals surface area contributed by atoms with Gasteiger partial charge in [-0.2, -0.15) is 0 Å². The second kappa shape index (κ2) is 5.29. The second-order valence-corrected chi connectivity index (χ2v) is 3.63. The van der Waals surface area contributed by atoms with Gasteiger partial charge in [-0.15, -0.1) is 11.6 Å². The van der Waals surface area contributed by atoms with Crippen LogP contribution in [0.3, 0.4) is 0 Å². The molecule has 14 heavy (non-hydrogen) atoms. The molecule has 1 heterocycles. The summed E-state index contributed by atoms with van der Waals surface area (Å²) in [6, 6.07) is 3.59. The number of alkyl halides is 1. The predicted octanol–water partition coefficient (Wildman–Crippen LogP) is 1.41. The monoisotopic (exact) mass is 215 g/mol. The molecule has 0 bridgehead atoms. The minimum absolute atomic E-state index is 0.323. The molecule has 2 atom stereocenters. The third-order valence-corrected chi connectivity index (χ3v) is 2.23. The van der Waals surface area contributed by atoms with Crippen LogP contribution < -0.4 is 0 Å². The lowest BCUT2D eigenvalue weighted by atomic mass is 10.1. The zero-order valence-electron chi connectivity index (χ0n) is 8.02. The Balaban J connectivity index is 2.73. The molecule has 0 amide bonds. The van der Waals surface area contributed by atoms with Crippen LogP contribution in [0.5, 0.6) is 0 Å².